The van der Waals surface area contributed by atoms with Gasteiger partial charge in [0.05, 0.1) is 25.2 Å². The lowest BCUT2D eigenvalue weighted by Gasteiger charge is -2.50. The molecule has 2 N–H and O–H groups in total. The van der Waals surface area contributed by atoms with Gasteiger partial charge in [0.25, 0.3) is 0 Å². The highest BCUT2D eigenvalue weighted by Gasteiger charge is 2.49. The maximum atomic E-state index is 12.4. The molecule has 5 heteroatoms. The number of hydrogen-bond donors (Lipinski definition) is 2. The minimum Gasteiger partial charge on any atom is -0.469 e. The number of aliphatic hydroxyl groups is 1. The van der Waals surface area contributed by atoms with Gasteiger partial charge in [-0.05, 0) is 49.1 Å². The van der Waals surface area contributed by atoms with Gasteiger partial charge in [-0.15, -0.1) is 0 Å². The molecule has 5 atom stereocenters. The number of para-hydroxylation sites is 1. The Morgan fingerprint density at radius 3 is 3.00 bits per heavy atom. The molecule has 0 radical (unpaired) electrons. The summed E-state index contributed by atoms with van der Waals surface area (Å²) in [6.07, 6.45) is 3.14. The Kier molecular flexibility index (Phi) is 3.83. The number of carbonyl (C=O) groups excluding carboxylic acids is 1. The molecule has 3 heterocycles. The van der Waals surface area contributed by atoms with E-state index in [0.717, 1.165) is 32.4 Å². The number of nitrogens with zero attached hydrogens (tertiary/aromatic N) is 1. The van der Waals surface area contributed by atoms with Crippen LogP contribution in [0.5, 0.6) is 0 Å². The number of rotatable bonds is 1. The minimum atomic E-state index is -0.568. The Hall–Kier alpha value is -1.85. The predicted molar refractivity (Wildman–Crippen MR) is 98.7 cm³/mol. The first kappa shape index (κ1) is 16.3. The van der Waals surface area contributed by atoms with Crippen LogP contribution in [0.25, 0.3) is 10.9 Å². The molecule has 1 saturated carbocycles. The van der Waals surface area contributed by atoms with Gasteiger partial charge in [-0.3, -0.25) is 9.69 Å². The number of H-pyrrole nitrogens is 1. The van der Waals surface area contributed by atoms with Gasteiger partial charge in [-0.25, -0.2) is 0 Å². The topological polar surface area (TPSA) is 65.6 Å². The molecule has 3 aliphatic rings. The van der Waals surface area contributed by atoms with E-state index in [2.05, 4.69) is 34.1 Å². The number of nitrogens with one attached hydrogen (secondary N) is 1. The van der Waals surface area contributed by atoms with Crippen LogP contribution in [0.2, 0.25) is 0 Å². The van der Waals surface area contributed by atoms with Crippen molar-refractivity contribution < 1.29 is 14.6 Å². The van der Waals surface area contributed by atoms with Crippen molar-refractivity contribution in [3.05, 3.63) is 35.5 Å². The lowest BCUT2D eigenvalue weighted by Crippen LogP contribution is -2.53. The maximum Gasteiger partial charge on any atom is 0.311 e. The fourth-order valence-corrected chi connectivity index (χ4v) is 5.80. The van der Waals surface area contributed by atoms with Crippen molar-refractivity contribution in [3.63, 3.8) is 0 Å². The first-order valence-corrected chi connectivity index (χ1v) is 9.76. The van der Waals surface area contributed by atoms with Crippen molar-refractivity contribution in [2.45, 2.75) is 37.8 Å². The summed E-state index contributed by atoms with van der Waals surface area (Å²) in [4.78, 5) is 18.6. The van der Waals surface area contributed by atoms with Crippen molar-refractivity contribution >= 4 is 16.9 Å². The number of esters is 1. The third kappa shape index (κ3) is 2.33. The van der Waals surface area contributed by atoms with E-state index < -0.39 is 6.10 Å². The molecule has 26 heavy (non-hydrogen) atoms. The number of methoxy groups -OCH3 is 1. The highest BCUT2D eigenvalue weighted by Crippen LogP contribution is 2.49. The summed E-state index contributed by atoms with van der Waals surface area (Å²) in [6, 6.07) is 8.83. The molecule has 5 rings (SSSR count). The number of aromatic amines is 1. The lowest BCUT2D eigenvalue weighted by molar-refractivity contribution is -0.160. The molecule has 0 unspecified atom stereocenters. The fourth-order valence-electron chi connectivity index (χ4n) is 5.80. The van der Waals surface area contributed by atoms with Crippen LogP contribution in [-0.4, -0.2) is 47.3 Å². The quantitative estimate of drug-likeness (QED) is 0.773. The van der Waals surface area contributed by atoms with Crippen LogP contribution < -0.4 is 0 Å². The van der Waals surface area contributed by atoms with Gasteiger partial charge in [0, 0.05) is 29.7 Å². The molecule has 5 nitrogen and oxygen atoms in total. The second-order valence-electron chi connectivity index (χ2n) is 8.18. The van der Waals surface area contributed by atoms with Gasteiger partial charge in [0.2, 0.25) is 0 Å². The Labute approximate surface area is 153 Å². The zero-order valence-electron chi connectivity index (χ0n) is 15.1. The number of benzene rings is 1. The van der Waals surface area contributed by atoms with E-state index in [1.54, 1.807) is 0 Å². The normalized spacial score (nSPS) is 34.0. The highest BCUT2D eigenvalue weighted by atomic mass is 16.5. The van der Waals surface area contributed by atoms with Crippen molar-refractivity contribution in [1.29, 1.82) is 0 Å². The van der Waals surface area contributed by atoms with Gasteiger partial charge in [0.1, 0.15) is 0 Å². The molecule has 2 aliphatic heterocycles. The summed E-state index contributed by atoms with van der Waals surface area (Å²) < 4.78 is 5.04. The van der Waals surface area contributed by atoms with E-state index in [0.29, 0.717) is 18.4 Å². The van der Waals surface area contributed by atoms with E-state index in [1.165, 1.54) is 29.3 Å². The van der Waals surface area contributed by atoms with Gasteiger partial charge in [-0.2, -0.15) is 0 Å². The number of hydrogen-bond acceptors (Lipinski definition) is 4. The number of fused-ring (bicyclic) bond motifs is 6. The largest absolute Gasteiger partial charge is 0.469 e. The molecule has 138 valence electrons. The van der Waals surface area contributed by atoms with E-state index in [9.17, 15) is 9.90 Å². The van der Waals surface area contributed by atoms with Crippen LogP contribution in [0.15, 0.2) is 24.3 Å². The number of carbonyl (C=O) groups is 1. The predicted octanol–water partition coefficient (Wildman–Crippen LogP) is 2.65. The Balaban J connectivity index is 1.52. The SMILES string of the molecule is COC(=O)[C@@H]1[C@@H]2C[C@H]3c4[nH]c5ccccc5c4CCN3C[C@H]2CC[C@H]1O. The molecule has 1 aliphatic carbocycles. The first-order chi connectivity index (χ1) is 12.7. The Bertz CT molecular complexity index is 845. The van der Waals surface area contributed by atoms with Crippen LogP contribution in [0, 0.1) is 17.8 Å². The van der Waals surface area contributed by atoms with Gasteiger partial charge in [0.15, 0.2) is 0 Å². The summed E-state index contributed by atoms with van der Waals surface area (Å²) in [5.74, 6) is 0.0541. The molecular formula is C21H26N2O3. The average Bonchev–Trinajstić information content (AvgIpc) is 3.05. The Morgan fingerprint density at radius 1 is 1.31 bits per heavy atom. The van der Waals surface area contributed by atoms with E-state index in [-0.39, 0.29) is 17.8 Å². The van der Waals surface area contributed by atoms with Gasteiger partial charge >= 0.3 is 5.97 Å². The molecule has 2 fully saturated rings. The number of aromatic nitrogens is 1. The number of aliphatic hydroxyl groups excluding tert-OH is 1. The third-order valence-corrected chi connectivity index (χ3v) is 7.02. The smallest absolute Gasteiger partial charge is 0.311 e. The van der Waals surface area contributed by atoms with Crippen LogP contribution in [0.1, 0.15) is 36.6 Å². The summed E-state index contributed by atoms with van der Waals surface area (Å²) in [5, 5.41) is 11.8. The minimum absolute atomic E-state index is 0.199. The summed E-state index contributed by atoms with van der Waals surface area (Å²) in [5.41, 5.74) is 3.96. The monoisotopic (exact) mass is 354 g/mol. The van der Waals surface area contributed by atoms with E-state index in [1.807, 2.05) is 0 Å². The van der Waals surface area contributed by atoms with Crippen LogP contribution in [-0.2, 0) is 16.0 Å². The van der Waals surface area contributed by atoms with Crippen LogP contribution >= 0.6 is 0 Å². The second-order valence-corrected chi connectivity index (χ2v) is 8.18. The molecule has 2 aromatic rings. The molecule has 1 aromatic carbocycles. The average molecular weight is 354 g/mol. The van der Waals surface area contributed by atoms with Crippen molar-refractivity contribution in [2.24, 2.45) is 17.8 Å². The van der Waals surface area contributed by atoms with Crippen molar-refractivity contribution in [2.75, 3.05) is 20.2 Å². The number of piperidine rings is 1. The van der Waals surface area contributed by atoms with E-state index in [4.69, 9.17) is 4.74 Å². The lowest BCUT2D eigenvalue weighted by atomic mass is 9.65. The number of ether oxygens (including phenoxy) is 1. The van der Waals surface area contributed by atoms with Gasteiger partial charge in [-0.1, -0.05) is 18.2 Å². The standard InChI is InChI=1S/C21H26N2O3/c1-26-21(25)19-15-10-17-20-14(13-4-2-3-5-16(13)22-20)8-9-23(17)11-12(15)6-7-18(19)24/h2-5,12,15,17-19,22,24H,6-11H2,1H3/t12-,15-,17+,18-,19-/m1/s1. The summed E-state index contributed by atoms with van der Waals surface area (Å²) in [6.45, 7) is 2.10. The molecule has 0 bridgehead atoms. The van der Waals surface area contributed by atoms with Crippen LogP contribution in [0.4, 0.5) is 0 Å². The zero-order valence-corrected chi connectivity index (χ0v) is 15.1. The van der Waals surface area contributed by atoms with Crippen molar-refractivity contribution in [3.8, 4) is 0 Å². The van der Waals surface area contributed by atoms with Gasteiger partial charge < -0.3 is 14.8 Å². The highest BCUT2D eigenvalue weighted by molar-refractivity contribution is 5.85. The third-order valence-electron chi connectivity index (χ3n) is 7.02. The zero-order chi connectivity index (χ0) is 17.8. The molecule has 1 aromatic heterocycles. The molecule has 1 saturated heterocycles. The summed E-state index contributed by atoms with van der Waals surface area (Å²) >= 11 is 0. The Morgan fingerprint density at radius 2 is 2.15 bits per heavy atom. The second kappa shape index (κ2) is 6.10. The van der Waals surface area contributed by atoms with Crippen molar-refractivity contribution in [1.82, 2.24) is 9.88 Å². The fraction of sp³-hybridized carbons (Fsp3) is 0.571. The molecule has 0 spiro atoms. The molecular weight excluding hydrogens is 328 g/mol. The van der Waals surface area contributed by atoms with Crippen LogP contribution in [0.3, 0.4) is 0 Å². The molecule has 0 amide bonds. The maximum absolute atomic E-state index is 12.4. The first-order valence-electron chi connectivity index (χ1n) is 9.76. The summed E-state index contributed by atoms with van der Waals surface area (Å²) in [7, 11) is 1.43. The van der Waals surface area contributed by atoms with E-state index >= 15 is 0 Å².